The van der Waals surface area contributed by atoms with Gasteiger partial charge in [-0.05, 0) is 30.7 Å². The van der Waals surface area contributed by atoms with E-state index in [2.05, 4.69) is 15.9 Å². The minimum Gasteiger partial charge on any atom is -0.422 e. The number of nitriles is 2. The first kappa shape index (κ1) is 13.1. The minimum absolute atomic E-state index is 0.0984. The molecule has 1 heterocycles. The smallest absolute Gasteiger partial charge is 0.343 e. The molecule has 1 aromatic heterocycles. The van der Waals surface area contributed by atoms with Gasteiger partial charge in [0.1, 0.15) is 23.3 Å². The summed E-state index contributed by atoms with van der Waals surface area (Å²) in [4.78, 5) is 11.9. The van der Waals surface area contributed by atoms with Crippen molar-refractivity contribution in [2.24, 2.45) is 0 Å². The van der Waals surface area contributed by atoms with Crippen molar-refractivity contribution < 1.29 is 4.42 Å². The Morgan fingerprint density at radius 3 is 2.63 bits per heavy atom. The van der Waals surface area contributed by atoms with Crippen LogP contribution in [0.4, 0.5) is 0 Å². The first-order valence-electron chi connectivity index (χ1n) is 5.32. The summed E-state index contributed by atoms with van der Waals surface area (Å²) in [6.45, 7) is 1.55. The highest BCUT2D eigenvalue weighted by atomic mass is 79.9. The number of rotatable bonds is 1. The van der Waals surface area contributed by atoms with E-state index in [9.17, 15) is 4.79 Å². The van der Waals surface area contributed by atoms with Crippen molar-refractivity contribution in [2.75, 3.05) is 0 Å². The molecular weight excluding hydrogens is 308 g/mol. The molecule has 0 atom stereocenters. The Hall–Kier alpha value is -2.37. The molecule has 0 aliphatic rings. The fourth-order valence-electron chi connectivity index (χ4n) is 1.69. The van der Waals surface area contributed by atoms with Gasteiger partial charge in [-0.15, -0.1) is 0 Å². The third-order valence-corrected chi connectivity index (χ3v) is 3.42. The van der Waals surface area contributed by atoms with Gasteiger partial charge < -0.3 is 4.42 Å². The molecule has 0 spiro atoms. The Morgan fingerprint density at radius 1 is 1.32 bits per heavy atom. The first-order valence-corrected chi connectivity index (χ1v) is 6.11. The predicted molar refractivity (Wildman–Crippen MR) is 74.0 cm³/mol. The Balaban J connectivity index is 2.85. The molecule has 0 saturated carbocycles. The zero-order valence-electron chi connectivity index (χ0n) is 9.90. The summed E-state index contributed by atoms with van der Waals surface area (Å²) in [6.07, 6.45) is 0. The van der Waals surface area contributed by atoms with Crippen LogP contribution in [0.5, 0.6) is 0 Å². The largest absolute Gasteiger partial charge is 0.422 e. The number of nitrogens with zero attached hydrogens (tertiary/aromatic N) is 2. The zero-order chi connectivity index (χ0) is 14.0. The highest BCUT2D eigenvalue weighted by Gasteiger charge is 2.12. The number of hydrogen-bond donors (Lipinski definition) is 0. The minimum atomic E-state index is -0.564. The number of halogens is 1. The van der Waals surface area contributed by atoms with Gasteiger partial charge in [0.2, 0.25) is 0 Å². The highest BCUT2D eigenvalue weighted by molar-refractivity contribution is 9.10. The SMILES string of the molecule is CC(=C(C#N)C#N)c1cc2c(Br)cccc2oc1=O. The van der Waals surface area contributed by atoms with Gasteiger partial charge in [-0.2, -0.15) is 10.5 Å². The summed E-state index contributed by atoms with van der Waals surface area (Å²) in [5.74, 6) is 0. The second-order valence-corrected chi connectivity index (χ2v) is 4.68. The highest BCUT2D eigenvalue weighted by Crippen LogP contribution is 2.25. The van der Waals surface area contributed by atoms with Crippen molar-refractivity contribution in [3.05, 3.63) is 50.3 Å². The van der Waals surface area contributed by atoms with E-state index < -0.39 is 5.63 Å². The second kappa shape index (κ2) is 5.09. The molecule has 2 rings (SSSR count). The summed E-state index contributed by atoms with van der Waals surface area (Å²) < 4.78 is 5.97. The van der Waals surface area contributed by atoms with Crippen LogP contribution in [0.15, 0.2) is 43.5 Å². The van der Waals surface area contributed by atoms with E-state index in [1.54, 1.807) is 37.3 Å². The van der Waals surface area contributed by atoms with Gasteiger partial charge >= 0.3 is 5.63 Å². The lowest BCUT2D eigenvalue weighted by molar-refractivity contribution is 0.558. The Labute approximate surface area is 117 Å². The van der Waals surface area contributed by atoms with Crippen LogP contribution >= 0.6 is 15.9 Å². The van der Waals surface area contributed by atoms with Crippen molar-refractivity contribution in [1.82, 2.24) is 0 Å². The van der Waals surface area contributed by atoms with Gasteiger partial charge in [-0.3, -0.25) is 0 Å². The summed E-state index contributed by atoms with van der Waals surface area (Å²) >= 11 is 3.37. The van der Waals surface area contributed by atoms with Gasteiger partial charge in [0.15, 0.2) is 0 Å². The normalized spacial score (nSPS) is 9.68. The van der Waals surface area contributed by atoms with Crippen molar-refractivity contribution in [3.63, 3.8) is 0 Å². The number of benzene rings is 1. The fraction of sp³-hybridized carbons (Fsp3) is 0.0714. The van der Waals surface area contributed by atoms with Gasteiger partial charge in [0.25, 0.3) is 0 Å². The van der Waals surface area contributed by atoms with Crippen molar-refractivity contribution in [2.45, 2.75) is 6.92 Å². The molecule has 0 aliphatic carbocycles. The molecule has 0 N–H and O–H groups in total. The fourth-order valence-corrected chi connectivity index (χ4v) is 2.16. The van der Waals surface area contributed by atoms with Crippen LogP contribution < -0.4 is 5.63 Å². The molecular formula is C14H7BrN2O2. The zero-order valence-corrected chi connectivity index (χ0v) is 11.5. The molecule has 0 bridgehead atoms. The predicted octanol–water partition coefficient (Wildman–Crippen LogP) is 3.38. The van der Waals surface area contributed by atoms with Crippen LogP contribution in [0.25, 0.3) is 16.5 Å². The standard InChI is InChI=1S/C14H7BrN2O2/c1-8(9(6-16)7-17)10-5-11-12(15)3-2-4-13(11)19-14(10)18/h2-5H,1H3. The van der Waals surface area contributed by atoms with Crippen LogP contribution in [0, 0.1) is 22.7 Å². The van der Waals surface area contributed by atoms with Crippen LogP contribution in [0.2, 0.25) is 0 Å². The van der Waals surface area contributed by atoms with E-state index in [0.29, 0.717) is 16.5 Å². The summed E-state index contributed by atoms with van der Waals surface area (Å²) in [7, 11) is 0. The van der Waals surface area contributed by atoms with E-state index >= 15 is 0 Å². The average molecular weight is 315 g/mol. The molecule has 0 fully saturated rings. The molecule has 0 amide bonds. The monoisotopic (exact) mass is 314 g/mol. The topological polar surface area (TPSA) is 77.8 Å². The van der Waals surface area contributed by atoms with Crippen molar-refractivity contribution in [3.8, 4) is 12.1 Å². The average Bonchev–Trinajstić information content (AvgIpc) is 2.39. The first-order chi connectivity index (χ1) is 9.08. The van der Waals surface area contributed by atoms with E-state index in [0.717, 1.165) is 4.47 Å². The lowest BCUT2D eigenvalue weighted by Gasteiger charge is -2.03. The van der Waals surface area contributed by atoms with E-state index in [1.807, 2.05) is 6.07 Å². The third kappa shape index (κ3) is 2.29. The van der Waals surface area contributed by atoms with Gasteiger partial charge in [-0.25, -0.2) is 4.79 Å². The molecule has 0 saturated heterocycles. The van der Waals surface area contributed by atoms with Crippen LogP contribution in [-0.2, 0) is 0 Å². The molecule has 92 valence electrons. The second-order valence-electron chi connectivity index (χ2n) is 3.82. The number of hydrogen-bond acceptors (Lipinski definition) is 4. The van der Waals surface area contributed by atoms with Gasteiger partial charge in [0.05, 0.1) is 5.56 Å². The van der Waals surface area contributed by atoms with Crippen molar-refractivity contribution in [1.29, 1.82) is 10.5 Å². The molecule has 2 aromatic rings. The maximum atomic E-state index is 11.9. The molecule has 5 heteroatoms. The van der Waals surface area contributed by atoms with Gasteiger partial charge in [-0.1, -0.05) is 22.0 Å². The molecule has 19 heavy (non-hydrogen) atoms. The molecule has 0 aliphatic heterocycles. The quantitative estimate of drug-likeness (QED) is 0.597. The molecule has 4 nitrogen and oxygen atoms in total. The maximum absolute atomic E-state index is 11.9. The summed E-state index contributed by atoms with van der Waals surface area (Å²) in [5, 5.41) is 18.4. The Morgan fingerprint density at radius 2 is 2.00 bits per heavy atom. The number of allylic oxidation sites excluding steroid dienone is 2. The Bertz CT molecular complexity index is 819. The number of fused-ring (bicyclic) bond motifs is 1. The van der Waals surface area contributed by atoms with Crippen LogP contribution in [0.3, 0.4) is 0 Å². The Kier molecular flexibility index (Phi) is 3.50. The van der Waals surface area contributed by atoms with E-state index in [-0.39, 0.29) is 11.1 Å². The molecule has 0 unspecified atom stereocenters. The maximum Gasteiger partial charge on any atom is 0.343 e. The van der Waals surface area contributed by atoms with Crippen LogP contribution in [-0.4, -0.2) is 0 Å². The van der Waals surface area contributed by atoms with E-state index in [1.165, 1.54) is 0 Å². The van der Waals surface area contributed by atoms with Crippen LogP contribution in [0.1, 0.15) is 12.5 Å². The lowest BCUT2D eigenvalue weighted by atomic mass is 10.0. The molecule has 1 aromatic carbocycles. The van der Waals surface area contributed by atoms with Gasteiger partial charge in [0, 0.05) is 9.86 Å². The molecule has 0 radical (unpaired) electrons. The third-order valence-electron chi connectivity index (χ3n) is 2.73. The summed E-state index contributed by atoms with van der Waals surface area (Å²) in [5.41, 5.74) is 0.324. The lowest BCUT2D eigenvalue weighted by Crippen LogP contribution is -2.06. The van der Waals surface area contributed by atoms with E-state index in [4.69, 9.17) is 14.9 Å². The summed E-state index contributed by atoms with van der Waals surface area (Å²) in [6, 6.07) is 10.4. The van der Waals surface area contributed by atoms with Crippen molar-refractivity contribution >= 4 is 32.5 Å².